The molecule has 32 heavy (non-hydrogen) atoms. The SMILES string of the molecule is Cc1c(C)c2c(c(C)c1OCCS(=O)(=O)O)CCC(C)(C=CCC(C)CCCC(C)C)O2. The quantitative estimate of drug-likeness (QED) is 0.303. The van der Waals surface area contributed by atoms with E-state index in [-0.39, 0.29) is 12.2 Å². The van der Waals surface area contributed by atoms with E-state index in [1.807, 2.05) is 20.8 Å². The molecule has 0 amide bonds. The molecule has 2 atom stereocenters. The van der Waals surface area contributed by atoms with Crippen LogP contribution in [0.15, 0.2) is 12.2 Å². The minimum Gasteiger partial charge on any atom is -0.492 e. The number of fused-ring (bicyclic) bond motifs is 1. The van der Waals surface area contributed by atoms with Crippen molar-refractivity contribution in [2.75, 3.05) is 12.4 Å². The maximum Gasteiger partial charge on any atom is 0.268 e. The summed E-state index contributed by atoms with van der Waals surface area (Å²) >= 11 is 0. The first kappa shape index (κ1) is 26.7. The number of ether oxygens (including phenoxy) is 2. The molecule has 1 N–H and O–H groups in total. The summed E-state index contributed by atoms with van der Waals surface area (Å²) in [6.45, 7) is 14.9. The van der Waals surface area contributed by atoms with Crippen LogP contribution in [0.2, 0.25) is 0 Å². The number of hydrogen-bond acceptors (Lipinski definition) is 4. The zero-order chi connectivity index (χ0) is 24.1. The molecule has 0 saturated heterocycles. The van der Waals surface area contributed by atoms with Crippen LogP contribution in [0.4, 0.5) is 0 Å². The van der Waals surface area contributed by atoms with E-state index in [1.165, 1.54) is 19.3 Å². The van der Waals surface area contributed by atoms with Crippen molar-refractivity contribution in [3.63, 3.8) is 0 Å². The molecule has 0 spiro atoms. The fraction of sp³-hybridized carbons (Fsp3) is 0.692. The molecule has 0 fully saturated rings. The molecule has 182 valence electrons. The Morgan fingerprint density at radius 2 is 1.81 bits per heavy atom. The van der Waals surface area contributed by atoms with Gasteiger partial charge in [0, 0.05) is 5.56 Å². The molecule has 2 rings (SSSR count). The summed E-state index contributed by atoms with van der Waals surface area (Å²) in [5, 5.41) is 0. The average molecular weight is 467 g/mol. The zero-order valence-corrected chi connectivity index (χ0v) is 21.8. The molecule has 1 aromatic carbocycles. The number of hydrogen-bond donors (Lipinski definition) is 1. The lowest BCUT2D eigenvalue weighted by atomic mass is 9.86. The summed E-state index contributed by atoms with van der Waals surface area (Å²) < 4.78 is 43.3. The molecule has 1 aliphatic rings. The first-order valence-electron chi connectivity index (χ1n) is 11.9. The molecule has 0 radical (unpaired) electrons. The van der Waals surface area contributed by atoms with Crippen molar-refractivity contribution in [3.8, 4) is 11.5 Å². The fourth-order valence-electron chi connectivity index (χ4n) is 4.38. The largest absolute Gasteiger partial charge is 0.492 e. The van der Waals surface area contributed by atoms with E-state index in [2.05, 4.69) is 39.8 Å². The van der Waals surface area contributed by atoms with Gasteiger partial charge in [0.15, 0.2) is 0 Å². The highest BCUT2D eigenvalue weighted by atomic mass is 32.2. The molecule has 2 unspecified atom stereocenters. The third kappa shape index (κ3) is 7.51. The second-order valence-electron chi connectivity index (χ2n) is 10.1. The lowest BCUT2D eigenvalue weighted by Gasteiger charge is -2.36. The summed E-state index contributed by atoms with van der Waals surface area (Å²) in [6, 6.07) is 0. The predicted octanol–water partition coefficient (Wildman–Crippen LogP) is 6.37. The van der Waals surface area contributed by atoms with E-state index in [4.69, 9.17) is 14.0 Å². The Morgan fingerprint density at radius 1 is 1.12 bits per heavy atom. The summed E-state index contributed by atoms with van der Waals surface area (Å²) in [7, 11) is -4.04. The predicted molar refractivity (Wildman–Crippen MR) is 132 cm³/mol. The second-order valence-corrected chi connectivity index (χ2v) is 11.7. The van der Waals surface area contributed by atoms with Gasteiger partial charge in [-0.15, -0.1) is 0 Å². The molecule has 1 aliphatic heterocycles. The summed E-state index contributed by atoms with van der Waals surface area (Å²) in [6.07, 6.45) is 11.2. The van der Waals surface area contributed by atoms with Crippen LogP contribution in [0.1, 0.15) is 82.1 Å². The Kier molecular flexibility index (Phi) is 9.24. The van der Waals surface area contributed by atoms with Gasteiger partial charge in [-0.25, -0.2) is 0 Å². The highest BCUT2D eigenvalue weighted by Gasteiger charge is 2.33. The Bertz CT molecular complexity index is 917. The zero-order valence-electron chi connectivity index (χ0n) is 21.0. The van der Waals surface area contributed by atoms with Gasteiger partial charge >= 0.3 is 0 Å². The van der Waals surface area contributed by atoms with Crippen molar-refractivity contribution in [1.82, 2.24) is 0 Å². The molecular weight excluding hydrogens is 424 g/mol. The summed E-state index contributed by atoms with van der Waals surface area (Å²) in [5.74, 6) is 2.65. The highest BCUT2D eigenvalue weighted by Crippen LogP contribution is 2.44. The van der Waals surface area contributed by atoms with Gasteiger partial charge in [0.1, 0.15) is 29.5 Å². The average Bonchev–Trinajstić information content (AvgIpc) is 2.67. The van der Waals surface area contributed by atoms with E-state index in [9.17, 15) is 8.42 Å². The lowest BCUT2D eigenvalue weighted by molar-refractivity contribution is 0.112. The van der Waals surface area contributed by atoms with Gasteiger partial charge in [-0.1, -0.05) is 46.1 Å². The second kappa shape index (κ2) is 11.1. The molecule has 1 aromatic rings. The minimum atomic E-state index is -4.04. The Balaban J connectivity index is 2.09. The van der Waals surface area contributed by atoms with E-state index in [1.54, 1.807) is 0 Å². The normalized spacial score (nSPS) is 19.8. The van der Waals surface area contributed by atoms with Crippen molar-refractivity contribution < 1.29 is 22.4 Å². The highest BCUT2D eigenvalue weighted by molar-refractivity contribution is 7.85. The maximum atomic E-state index is 11.0. The minimum absolute atomic E-state index is 0.0740. The van der Waals surface area contributed by atoms with Crippen LogP contribution in [-0.4, -0.2) is 30.9 Å². The topological polar surface area (TPSA) is 72.8 Å². The Labute approximate surface area is 195 Å². The standard InChI is InChI=1S/C26H42O5S/c1-18(2)10-8-11-19(3)12-9-14-26(7)15-13-23-22(6)24(30-16-17-32(27,28)29)20(4)21(5)25(23)31-26/h9,14,18-19H,8,10-13,15-17H2,1-7H3,(H,27,28,29). The summed E-state index contributed by atoms with van der Waals surface area (Å²) in [4.78, 5) is 0. The van der Waals surface area contributed by atoms with Crippen molar-refractivity contribution in [2.45, 2.75) is 92.6 Å². The maximum absolute atomic E-state index is 11.0. The number of rotatable bonds is 11. The van der Waals surface area contributed by atoms with Crippen LogP contribution in [0.25, 0.3) is 0 Å². The van der Waals surface area contributed by atoms with Crippen molar-refractivity contribution >= 4 is 10.1 Å². The van der Waals surface area contributed by atoms with Crippen LogP contribution in [-0.2, 0) is 16.5 Å². The van der Waals surface area contributed by atoms with Gasteiger partial charge in [-0.3, -0.25) is 4.55 Å². The van der Waals surface area contributed by atoms with Gasteiger partial charge in [-0.05, 0) is 81.6 Å². The van der Waals surface area contributed by atoms with Crippen LogP contribution >= 0.6 is 0 Å². The van der Waals surface area contributed by atoms with Crippen LogP contribution in [0.5, 0.6) is 11.5 Å². The number of allylic oxidation sites excluding steroid dienone is 1. The Morgan fingerprint density at radius 3 is 2.44 bits per heavy atom. The van der Waals surface area contributed by atoms with Crippen molar-refractivity contribution in [1.29, 1.82) is 0 Å². The van der Waals surface area contributed by atoms with E-state index in [0.717, 1.165) is 53.2 Å². The monoisotopic (exact) mass is 466 g/mol. The van der Waals surface area contributed by atoms with Crippen molar-refractivity contribution in [3.05, 3.63) is 34.4 Å². The van der Waals surface area contributed by atoms with Crippen molar-refractivity contribution in [2.24, 2.45) is 11.8 Å². The van der Waals surface area contributed by atoms with Crippen LogP contribution < -0.4 is 9.47 Å². The Hall–Kier alpha value is -1.53. The lowest BCUT2D eigenvalue weighted by Crippen LogP contribution is -2.35. The molecule has 0 aliphatic carbocycles. The van der Waals surface area contributed by atoms with Gasteiger partial charge in [0.25, 0.3) is 10.1 Å². The van der Waals surface area contributed by atoms with Gasteiger partial charge in [-0.2, -0.15) is 8.42 Å². The molecule has 5 nitrogen and oxygen atoms in total. The van der Waals surface area contributed by atoms with E-state index < -0.39 is 15.9 Å². The van der Waals surface area contributed by atoms with Gasteiger partial charge in [0.05, 0.1) is 0 Å². The summed E-state index contributed by atoms with van der Waals surface area (Å²) in [5.41, 5.74) is 3.75. The van der Waals surface area contributed by atoms with Gasteiger partial charge in [0.2, 0.25) is 0 Å². The van der Waals surface area contributed by atoms with Crippen LogP contribution in [0, 0.1) is 32.6 Å². The van der Waals surface area contributed by atoms with E-state index in [0.29, 0.717) is 11.7 Å². The molecule has 1 heterocycles. The van der Waals surface area contributed by atoms with Gasteiger partial charge < -0.3 is 9.47 Å². The third-order valence-electron chi connectivity index (χ3n) is 6.59. The first-order valence-corrected chi connectivity index (χ1v) is 13.5. The molecule has 6 heteroatoms. The molecule has 0 bridgehead atoms. The smallest absolute Gasteiger partial charge is 0.268 e. The molecule has 0 aromatic heterocycles. The fourth-order valence-corrected chi connectivity index (χ4v) is 4.67. The first-order chi connectivity index (χ1) is 14.8. The number of benzene rings is 1. The van der Waals surface area contributed by atoms with Crippen LogP contribution in [0.3, 0.4) is 0 Å². The third-order valence-corrected chi connectivity index (χ3v) is 7.28. The molecule has 0 saturated carbocycles. The van der Waals surface area contributed by atoms with E-state index >= 15 is 0 Å². The molecular formula is C26H42O5S.